The molecule has 0 radical (unpaired) electrons. The highest BCUT2D eigenvalue weighted by Gasteiger charge is 2.17. The number of hydrogen-bond donors (Lipinski definition) is 1. The maximum Gasteiger partial charge on any atom is 0.260 e. The lowest BCUT2D eigenvalue weighted by Gasteiger charge is -2.19. The molecule has 0 aliphatic carbocycles. The van der Waals surface area contributed by atoms with Gasteiger partial charge in [0.2, 0.25) is 0 Å². The summed E-state index contributed by atoms with van der Waals surface area (Å²) in [6.45, 7) is 3.76. The summed E-state index contributed by atoms with van der Waals surface area (Å²) < 4.78 is 10.8. The number of methoxy groups -OCH3 is 1. The number of benzene rings is 2. The van der Waals surface area contributed by atoms with Crippen molar-refractivity contribution in [3.05, 3.63) is 60.2 Å². The molecule has 2 rings (SSSR count). The van der Waals surface area contributed by atoms with Gasteiger partial charge in [-0.2, -0.15) is 0 Å². The van der Waals surface area contributed by atoms with Crippen molar-refractivity contribution in [2.45, 2.75) is 38.8 Å². The van der Waals surface area contributed by atoms with Gasteiger partial charge in [-0.1, -0.05) is 36.4 Å². The molecule has 128 valence electrons. The first-order valence-corrected chi connectivity index (χ1v) is 8.23. The minimum absolute atomic E-state index is 0.0917. The topological polar surface area (TPSA) is 47.6 Å². The molecule has 4 heteroatoms. The summed E-state index contributed by atoms with van der Waals surface area (Å²) in [7, 11) is 1.60. The van der Waals surface area contributed by atoms with Crippen molar-refractivity contribution < 1.29 is 14.3 Å². The van der Waals surface area contributed by atoms with Crippen molar-refractivity contribution in [3.63, 3.8) is 0 Å². The summed E-state index contributed by atoms with van der Waals surface area (Å²) in [6.07, 6.45) is 1.27. The van der Waals surface area contributed by atoms with Gasteiger partial charge in [0.1, 0.15) is 11.5 Å². The first kappa shape index (κ1) is 17.9. The standard InChI is InChI=1S/C20H25NO3/c1-15(12-13-17-8-5-4-6-9-17)21-20(22)16(2)24-19-11-7-10-18(14-19)23-3/h4-11,14-16H,12-13H2,1-3H3,(H,21,22)/t15-,16+/m0/s1. The van der Waals surface area contributed by atoms with Crippen molar-refractivity contribution in [1.29, 1.82) is 0 Å². The van der Waals surface area contributed by atoms with Crippen molar-refractivity contribution >= 4 is 5.91 Å². The molecule has 0 heterocycles. The fourth-order valence-electron chi connectivity index (χ4n) is 2.39. The Morgan fingerprint density at radius 3 is 2.46 bits per heavy atom. The van der Waals surface area contributed by atoms with E-state index in [1.807, 2.05) is 43.3 Å². The normalized spacial score (nSPS) is 13.0. The number of aryl methyl sites for hydroxylation is 1. The van der Waals surface area contributed by atoms with Gasteiger partial charge in [-0.15, -0.1) is 0 Å². The molecule has 0 unspecified atom stereocenters. The molecule has 0 aromatic heterocycles. The second-order valence-electron chi connectivity index (χ2n) is 5.87. The zero-order valence-corrected chi connectivity index (χ0v) is 14.5. The van der Waals surface area contributed by atoms with Crippen LogP contribution in [-0.2, 0) is 11.2 Å². The minimum atomic E-state index is -0.559. The van der Waals surface area contributed by atoms with E-state index in [4.69, 9.17) is 9.47 Å². The minimum Gasteiger partial charge on any atom is -0.497 e. The second kappa shape index (κ2) is 8.96. The first-order chi connectivity index (χ1) is 11.6. The number of amides is 1. The Bertz CT molecular complexity index is 642. The maximum atomic E-state index is 12.3. The molecular weight excluding hydrogens is 302 g/mol. The zero-order chi connectivity index (χ0) is 17.4. The molecule has 0 aliphatic heterocycles. The lowest BCUT2D eigenvalue weighted by Crippen LogP contribution is -2.41. The van der Waals surface area contributed by atoms with E-state index in [1.165, 1.54) is 5.56 Å². The molecule has 24 heavy (non-hydrogen) atoms. The third-order valence-electron chi connectivity index (χ3n) is 3.82. The van der Waals surface area contributed by atoms with E-state index in [1.54, 1.807) is 20.1 Å². The molecule has 0 spiro atoms. The average Bonchev–Trinajstić information content (AvgIpc) is 2.61. The summed E-state index contributed by atoms with van der Waals surface area (Å²) in [4.78, 5) is 12.3. The van der Waals surface area contributed by atoms with Crippen LogP contribution in [-0.4, -0.2) is 25.2 Å². The van der Waals surface area contributed by atoms with Gasteiger partial charge in [-0.3, -0.25) is 4.79 Å². The molecule has 1 N–H and O–H groups in total. The van der Waals surface area contributed by atoms with Crippen LogP contribution in [0.25, 0.3) is 0 Å². The van der Waals surface area contributed by atoms with Gasteiger partial charge in [0.15, 0.2) is 6.10 Å². The molecule has 0 saturated carbocycles. The monoisotopic (exact) mass is 327 g/mol. The Morgan fingerprint density at radius 2 is 1.75 bits per heavy atom. The first-order valence-electron chi connectivity index (χ1n) is 8.23. The lowest BCUT2D eigenvalue weighted by molar-refractivity contribution is -0.127. The highest BCUT2D eigenvalue weighted by Crippen LogP contribution is 2.20. The van der Waals surface area contributed by atoms with Gasteiger partial charge in [-0.25, -0.2) is 0 Å². The largest absolute Gasteiger partial charge is 0.497 e. The summed E-state index contributed by atoms with van der Waals surface area (Å²) in [5.41, 5.74) is 1.28. The number of ether oxygens (including phenoxy) is 2. The molecule has 1 amide bonds. The third kappa shape index (κ3) is 5.61. The summed E-state index contributed by atoms with van der Waals surface area (Å²) in [6, 6.07) is 17.6. The van der Waals surface area contributed by atoms with E-state index < -0.39 is 6.10 Å². The van der Waals surface area contributed by atoms with Crippen LogP contribution in [0.4, 0.5) is 0 Å². The van der Waals surface area contributed by atoms with Crippen molar-refractivity contribution in [1.82, 2.24) is 5.32 Å². The Labute approximate surface area is 143 Å². The van der Waals surface area contributed by atoms with Gasteiger partial charge in [0, 0.05) is 12.1 Å². The predicted molar refractivity (Wildman–Crippen MR) is 95.5 cm³/mol. The predicted octanol–water partition coefficient (Wildman–Crippen LogP) is 3.60. The summed E-state index contributed by atoms with van der Waals surface area (Å²) in [5, 5.41) is 3.00. The molecule has 4 nitrogen and oxygen atoms in total. The molecule has 0 saturated heterocycles. The molecular formula is C20H25NO3. The average molecular weight is 327 g/mol. The van der Waals surface area contributed by atoms with Crippen LogP contribution in [0.15, 0.2) is 54.6 Å². The number of hydrogen-bond acceptors (Lipinski definition) is 3. The van der Waals surface area contributed by atoms with Crippen LogP contribution < -0.4 is 14.8 Å². The second-order valence-corrected chi connectivity index (χ2v) is 5.87. The van der Waals surface area contributed by atoms with E-state index in [0.29, 0.717) is 11.5 Å². The molecule has 2 atom stereocenters. The molecule has 0 aliphatic rings. The van der Waals surface area contributed by atoms with Gasteiger partial charge < -0.3 is 14.8 Å². The highest BCUT2D eigenvalue weighted by molar-refractivity contribution is 5.81. The quantitative estimate of drug-likeness (QED) is 0.806. The SMILES string of the molecule is COc1cccc(O[C@H](C)C(=O)N[C@@H](C)CCc2ccccc2)c1. The third-order valence-corrected chi connectivity index (χ3v) is 3.82. The van der Waals surface area contributed by atoms with Crippen LogP contribution in [0.2, 0.25) is 0 Å². The molecule has 2 aromatic rings. The Balaban J connectivity index is 1.79. The van der Waals surface area contributed by atoms with Crippen LogP contribution >= 0.6 is 0 Å². The smallest absolute Gasteiger partial charge is 0.260 e. The Kier molecular flexibility index (Phi) is 6.67. The van der Waals surface area contributed by atoms with Crippen molar-refractivity contribution in [3.8, 4) is 11.5 Å². The molecule has 0 fully saturated rings. The van der Waals surface area contributed by atoms with E-state index in [2.05, 4.69) is 17.4 Å². The number of nitrogens with one attached hydrogen (secondary N) is 1. The highest BCUT2D eigenvalue weighted by atomic mass is 16.5. The fraction of sp³-hybridized carbons (Fsp3) is 0.350. The Morgan fingerprint density at radius 1 is 1.04 bits per heavy atom. The Hall–Kier alpha value is -2.49. The summed E-state index contributed by atoms with van der Waals surface area (Å²) in [5.74, 6) is 1.21. The maximum absolute atomic E-state index is 12.3. The fourth-order valence-corrected chi connectivity index (χ4v) is 2.39. The summed E-state index contributed by atoms with van der Waals surface area (Å²) >= 11 is 0. The van der Waals surface area contributed by atoms with Crippen molar-refractivity contribution in [2.24, 2.45) is 0 Å². The lowest BCUT2D eigenvalue weighted by atomic mass is 10.1. The van der Waals surface area contributed by atoms with Crippen molar-refractivity contribution in [2.75, 3.05) is 7.11 Å². The van der Waals surface area contributed by atoms with E-state index in [0.717, 1.165) is 12.8 Å². The molecule has 0 bridgehead atoms. The van der Waals surface area contributed by atoms with Crippen LogP contribution in [0, 0.1) is 0 Å². The van der Waals surface area contributed by atoms with Crippen LogP contribution in [0.1, 0.15) is 25.8 Å². The van der Waals surface area contributed by atoms with Crippen LogP contribution in [0.3, 0.4) is 0 Å². The number of carbonyl (C=O) groups excluding carboxylic acids is 1. The van der Waals surface area contributed by atoms with Crippen LogP contribution in [0.5, 0.6) is 11.5 Å². The number of carbonyl (C=O) groups is 1. The van der Waals surface area contributed by atoms with Gasteiger partial charge >= 0.3 is 0 Å². The van der Waals surface area contributed by atoms with E-state index >= 15 is 0 Å². The zero-order valence-electron chi connectivity index (χ0n) is 14.5. The van der Waals surface area contributed by atoms with Gasteiger partial charge in [-0.05, 0) is 44.4 Å². The number of rotatable bonds is 8. The van der Waals surface area contributed by atoms with E-state index in [-0.39, 0.29) is 11.9 Å². The molecule has 2 aromatic carbocycles. The van der Waals surface area contributed by atoms with E-state index in [9.17, 15) is 4.79 Å². The van der Waals surface area contributed by atoms with Gasteiger partial charge in [0.05, 0.1) is 7.11 Å². The van der Waals surface area contributed by atoms with Gasteiger partial charge in [0.25, 0.3) is 5.91 Å².